The molecule has 7 nitrogen and oxygen atoms in total. The lowest BCUT2D eigenvalue weighted by atomic mass is 11.2. The molecular weight excluding hydrogens is 198 g/mol. The van der Waals surface area contributed by atoms with Crippen molar-refractivity contribution in [3.63, 3.8) is 0 Å². The van der Waals surface area contributed by atoms with Crippen molar-refractivity contribution in [3.8, 4) is 0 Å². The number of nitrogens with zero attached hydrogens (tertiary/aromatic N) is 1. The SMILES string of the molecule is CN(C)OS(=O)(=O)S(=O)(=O)O. The van der Waals surface area contributed by atoms with Crippen molar-refractivity contribution >= 4 is 18.3 Å². The zero-order chi connectivity index (χ0) is 9.28. The lowest BCUT2D eigenvalue weighted by molar-refractivity contribution is 0.00847. The van der Waals surface area contributed by atoms with Crippen LogP contribution < -0.4 is 0 Å². The lowest BCUT2D eigenvalue weighted by Crippen LogP contribution is -2.24. The minimum absolute atomic E-state index is 0.628. The molecule has 0 aromatic rings. The van der Waals surface area contributed by atoms with E-state index in [2.05, 4.69) is 4.28 Å². The van der Waals surface area contributed by atoms with Crippen molar-refractivity contribution in [3.05, 3.63) is 0 Å². The average Bonchev–Trinajstić information content (AvgIpc) is 1.56. The molecule has 1 N–H and O–H groups in total. The van der Waals surface area contributed by atoms with E-state index in [1.165, 1.54) is 0 Å². The lowest BCUT2D eigenvalue weighted by Gasteiger charge is -2.06. The second kappa shape index (κ2) is 3.03. The van der Waals surface area contributed by atoms with Gasteiger partial charge < -0.3 is 0 Å². The first-order chi connectivity index (χ1) is 4.67. The first-order valence-electron chi connectivity index (χ1n) is 2.26. The number of hydrogen-bond donors (Lipinski definition) is 1. The molecule has 0 heterocycles. The van der Waals surface area contributed by atoms with Gasteiger partial charge in [-0.2, -0.15) is 26.2 Å². The maximum Gasteiger partial charge on any atom is 0.415 e. The minimum Gasteiger partial charge on any atom is -0.272 e. The Morgan fingerprint density at radius 3 is 1.64 bits per heavy atom. The van der Waals surface area contributed by atoms with Gasteiger partial charge in [0.25, 0.3) is 0 Å². The summed E-state index contributed by atoms with van der Waals surface area (Å²) in [6.45, 7) is 0. The van der Waals surface area contributed by atoms with Gasteiger partial charge in [-0.1, -0.05) is 0 Å². The Labute approximate surface area is 63.8 Å². The minimum atomic E-state index is -5.19. The Morgan fingerprint density at radius 1 is 1.18 bits per heavy atom. The topological polar surface area (TPSA) is 101 Å². The van der Waals surface area contributed by atoms with Gasteiger partial charge in [0.15, 0.2) is 0 Å². The third-order valence-corrected chi connectivity index (χ3v) is 3.23. The molecule has 68 valence electrons. The predicted molar refractivity (Wildman–Crippen MR) is 35.2 cm³/mol. The smallest absolute Gasteiger partial charge is 0.272 e. The average molecular weight is 205 g/mol. The standard InChI is InChI=1S/C2H7NO6S2/c1-3(2)9-11(7,8)10(4,5)6/h1-2H3,(H,4,5,6). The van der Waals surface area contributed by atoms with E-state index in [1.807, 2.05) is 0 Å². The predicted octanol–water partition coefficient (Wildman–Crippen LogP) is -1.39. The van der Waals surface area contributed by atoms with E-state index in [4.69, 9.17) is 4.55 Å². The monoisotopic (exact) mass is 205 g/mol. The Morgan fingerprint density at radius 2 is 1.55 bits per heavy atom. The molecule has 11 heavy (non-hydrogen) atoms. The van der Waals surface area contributed by atoms with Crippen LogP contribution in [-0.4, -0.2) is 40.5 Å². The van der Waals surface area contributed by atoms with E-state index in [1.54, 1.807) is 0 Å². The van der Waals surface area contributed by atoms with Gasteiger partial charge >= 0.3 is 18.3 Å². The van der Waals surface area contributed by atoms with Gasteiger partial charge in [-0.25, -0.2) is 0 Å². The molecule has 0 saturated heterocycles. The molecule has 0 unspecified atom stereocenters. The van der Waals surface area contributed by atoms with Gasteiger partial charge in [0.1, 0.15) is 0 Å². The van der Waals surface area contributed by atoms with Crippen LogP contribution in [0.2, 0.25) is 0 Å². The van der Waals surface area contributed by atoms with Crippen LogP contribution in [0.25, 0.3) is 0 Å². The molecule has 0 aliphatic heterocycles. The van der Waals surface area contributed by atoms with Crippen LogP contribution in [0.15, 0.2) is 0 Å². The highest BCUT2D eigenvalue weighted by Gasteiger charge is 2.29. The van der Waals surface area contributed by atoms with Crippen LogP contribution in [0.1, 0.15) is 0 Å². The molecule has 0 rings (SSSR count). The van der Waals surface area contributed by atoms with Crippen molar-refractivity contribution in [2.75, 3.05) is 14.1 Å². The maximum absolute atomic E-state index is 10.4. The summed E-state index contributed by atoms with van der Waals surface area (Å²) in [4.78, 5) is 0. The van der Waals surface area contributed by atoms with Crippen LogP contribution in [0.3, 0.4) is 0 Å². The van der Waals surface area contributed by atoms with E-state index in [-0.39, 0.29) is 0 Å². The Bertz CT molecular complexity index is 310. The molecular formula is C2H7NO6S2. The summed E-state index contributed by atoms with van der Waals surface area (Å²) in [5.74, 6) is 0. The third kappa shape index (κ3) is 3.12. The summed E-state index contributed by atoms with van der Waals surface area (Å²) in [6.07, 6.45) is 0. The second-order valence-corrected chi connectivity index (χ2v) is 6.03. The molecule has 0 saturated carbocycles. The molecule has 0 spiro atoms. The molecule has 0 fully saturated rings. The van der Waals surface area contributed by atoms with Crippen LogP contribution >= 0.6 is 0 Å². The molecule has 0 amide bonds. The first kappa shape index (κ1) is 10.8. The van der Waals surface area contributed by atoms with Gasteiger partial charge in [0.2, 0.25) is 0 Å². The van der Waals surface area contributed by atoms with E-state index in [0.29, 0.717) is 5.06 Å². The van der Waals surface area contributed by atoms with Crippen molar-refractivity contribution in [2.24, 2.45) is 0 Å². The number of hydrogen-bond acceptors (Lipinski definition) is 6. The fourth-order valence-electron chi connectivity index (χ4n) is 0.221. The van der Waals surface area contributed by atoms with Gasteiger partial charge in [-0.15, -0.1) is 0 Å². The van der Waals surface area contributed by atoms with Crippen molar-refractivity contribution in [1.29, 1.82) is 0 Å². The van der Waals surface area contributed by atoms with E-state index >= 15 is 0 Å². The Kier molecular flexibility index (Phi) is 2.97. The summed E-state index contributed by atoms with van der Waals surface area (Å²) < 4.78 is 52.5. The van der Waals surface area contributed by atoms with Crippen molar-refractivity contribution in [1.82, 2.24) is 5.06 Å². The molecule has 0 radical (unpaired) electrons. The van der Waals surface area contributed by atoms with Gasteiger partial charge in [0, 0.05) is 14.1 Å². The summed E-state index contributed by atoms with van der Waals surface area (Å²) in [5, 5.41) is 0.628. The third-order valence-electron chi connectivity index (χ3n) is 0.498. The number of hydroxylamine groups is 2. The van der Waals surface area contributed by atoms with Gasteiger partial charge in [-0.3, -0.25) is 4.55 Å². The zero-order valence-corrected chi connectivity index (χ0v) is 7.39. The highest BCUT2D eigenvalue weighted by Crippen LogP contribution is 2.02. The van der Waals surface area contributed by atoms with E-state index in [0.717, 1.165) is 14.1 Å². The Hall–Kier alpha value is -0.220. The summed E-state index contributed by atoms with van der Waals surface area (Å²) in [5.41, 5.74) is 0. The van der Waals surface area contributed by atoms with E-state index < -0.39 is 18.3 Å². The second-order valence-electron chi connectivity index (χ2n) is 1.72. The van der Waals surface area contributed by atoms with E-state index in [9.17, 15) is 16.8 Å². The summed E-state index contributed by atoms with van der Waals surface area (Å²) >= 11 is 0. The van der Waals surface area contributed by atoms with Crippen molar-refractivity contribution in [2.45, 2.75) is 0 Å². The normalized spacial score (nSPS) is 13.8. The fourth-order valence-corrected chi connectivity index (χ4v) is 1.26. The molecule has 0 atom stereocenters. The zero-order valence-electron chi connectivity index (χ0n) is 5.75. The van der Waals surface area contributed by atoms with Crippen LogP contribution in [0.5, 0.6) is 0 Å². The van der Waals surface area contributed by atoms with Crippen molar-refractivity contribution < 1.29 is 25.7 Å². The highest BCUT2D eigenvalue weighted by molar-refractivity contribution is 8.63. The fraction of sp³-hybridized carbons (Fsp3) is 1.00. The molecule has 0 bridgehead atoms. The highest BCUT2D eigenvalue weighted by atomic mass is 33.2. The molecule has 9 heteroatoms. The van der Waals surface area contributed by atoms with Crippen LogP contribution in [0.4, 0.5) is 0 Å². The summed E-state index contributed by atoms with van der Waals surface area (Å²) in [6, 6.07) is 0. The molecule has 0 aliphatic rings. The van der Waals surface area contributed by atoms with Gasteiger partial charge in [0.05, 0.1) is 0 Å². The first-order valence-corrected chi connectivity index (χ1v) is 5.62. The van der Waals surface area contributed by atoms with Crippen LogP contribution in [0, 0.1) is 0 Å². The Balaban J connectivity index is 4.81. The number of rotatable bonds is 3. The largest absolute Gasteiger partial charge is 0.415 e. The molecule has 0 aromatic heterocycles. The van der Waals surface area contributed by atoms with Gasteiger partial charge in [-0.05, 0) is 0 Å². The molecule has 0 aromatic carbocycles. The van der Waals surface area contributed by atoms with Crippen LogP contribution in [-0.2, 0) is 22.6 Å². The summed E-state index contributed by atoms with van der Waals surface area (Å²) in [7, 11) is -7.82. The molecule has 0 aliphatic carbocycles. The quantitative estimate of drug-likeness (QED) is 0.344. The maximum atomic E-state index is 10.4.